The van der Waals surface area contributed by atoms with E-state index in [9.17, 15) is 19.7 Å². The second kappa shape index (κ2) is 7.01. The number of nitrogens with one attached hydrogen (secondary N) is 1. The molecule has 1 aromatic carbocycles. The lowest BCUT2D eigenvalue weighted by Gasteiger charge is -2.06. The van der Waals surface area contributed by atoms with Gasteiger partial charge in [-0.1, -0.05) is 12.2 Å². The van der Waals surface area contributed by atoms with Gasteiger partial charge in [-0.25, -0.2) is 0 Å². The van der Waals surface area contributed by atoms with Gasteiger partial charge in [-0.3, -0.25) is 19.7 Å². The van der Waals surface area contributed by atoms with Crippen molar-refractivity contribution in [3.05, 3.63) is 46.0 Å². The fraction of sp³-hybridized carbons (Fsp3) is 0.167. The van der Waals surface area contributed by atoms with E-state index >= 15 is 0 Å². The maximum absolute atomic E-state index is 11.0. The summed E-state index contributed by atoms with van der Waals surface area (Å²) in [5.41, 5.74) is 15.4. The van der Waals surface area contributed by atoms with Gasteiger partial charge in [0.1, 0.15) is 11.7 Å². The van der Waals surface area contributed by atoms with E-state index < -0.39 is 22.8 Å². The zero-order valence-electron chi connectivity index (χ0n) is 11.0. The molecule has 112 valence electrons. The average molecular weight is 293 g/mol. The number of anilines is 1. The number of nitrogens with two attached hydrogens (primary N) is 3. The number of primary amides is 2. The van der Waals surface area contributed by atoms with E-state index in [0.717, 1.165) is 6.07 Å². The molecule has 2 amide bonds. The van der Waals surface area contributed by atoms with Gasteiger partial charge in [-0.05, 0) is 12.1 Å². The van der Waals surface area contributed by atoms with Gasteiger partial charge in [0, 0.05) is 18.2 Å². The van der Waals surface area contributed by atoms with Gasteiger partial charge in [-0.2, -0.15) is 0 Å². The number of carbonyl (C=O) groups is 2. The van der Waals surface area contributed by atoms with Crippen LogP contribution in [0.5, 0.6) is 0 Å². The maximum Gasteiger partial charge on any atom is 0.293 e. The lowest BCUT2D eigenvalue weighted by Crippen LogP contribution is -2.34. The number of nitrogens with zero attached hydrogens (tertiary/aromatic N) is 1. The van der Waals surface area contributed by atoms with Crippen molar-refractivity contribution in [2.24, 2.45) is 17.2 Å². The molecule has 21 heavy (non-hydrogen) atoms. The number of rotatable bonds is 7. The number of carbonyl (C=O) groups excluding carboxylic acids is 2. The molecule has 1 rings (SSSR count). The fourth-order valence-electron chi connectivity index (χ4n) is 1.46. The van der Waals surface area contributed by atoms with Crippen LogP contribution in [0, 0.1) is 10.1 Å². The van der Waals surface area contributed by atoms with Crippen LogP contribution in [0.1, 0.15) is 10.4 Å². The van der Waals surface area contributed by atoms with Crippen molar-refractivity contribution in [3.8, 4) is 0 Å². The molecule has 9 nitrogen and oxygen atoms in total. The van der Waals surface area contributed by atoms with E-state index in [1.165, 1.54) is 24.3 Å². The van der Waals surface area contributed by atoms with Gasteiger partial charge in [-0.15, -0.1) is 0 Å². The molecule has 0 bridgehead atoms. The first-order valence-electron chi connectivity index (χ1n) is 5.86. The van der Waals surface area contributed by atoms with Crippen LogP contribution in [0.2, 0.25) is 0 Å². The summed E-state index contributed by atoms with van der Waals surface area (Å²) < 4.78 is 0. The van der Waals surface area contributed by atoms with E-state index in [0.29, 0.717) is 0 Å². The normalized spacial score (nSPS) is 12.0. The first-order valence-corrected chi connectivity index (χ1v) is 5.86. The van der Waals surface area contributed by atoms with Gasteiger partial charge in [0.25, 0.3) is 5.69 Å². The Hall–Kier alpha value is -2.94. The van der Waals surface area contributed by atoms with Crippen LogP contribution in [0.4, 0.5) is 11.4 Å². The van der Waals surface area contributed by atoms with Crippen molar-refractivity contribution in [2.75, 3.05) is 11.9 Å². The Morgan fingerprint density at radius 2 is 2.05 bits per heavy atom. The number of nitro benzene ring substituents is 1. The number of amides is 2. The van der Waals surface area contributed by atoms with Crippen molar-refractivity contribution in [2.45, 2.75) is 6.04 Å². The third-order valence-electron chi connectivity index (χ3n) is 2.56. The van der Waals surface area contributed by atoms with Crippen LogP contribution in [0.3, 0.4) is 0 Å². The molecule has 0 spiro atoms. The van der Waals surface area contributed by atoms with E-state index in [2.05, 4.69) is 5.32 Å². The molecule has 0 saturated heterocycles. The largest absolute Gasteiger partial charge is 0.376 e. The summed E-state index contributed by atoms with van der Waals surface area (Å²) in [6.45, 7) is 0.192. The number of nitro groups is 1. The Balaban J connectivity index is 2.82. The lowest BCUT2D eigenvalue weighted by molar-refractivity contribution is -0.384. The van der Waals surface area contributed by atoms with E-state index in [-0.39, 0.29) is 23.5 Å². The zero-order valence-corrected chi connectivity index (χ0v) is 11.0. The molecule has 1 aromatic rings. The Bertz CT molecular complexity index is 599. The highest BCUT2D eigenvalue weighted by atomic mass is 16.6. The quantitative estimate of drug-likeness (QED) is 0.299. The zero-order chi connectivity index (χ0) is 16.0. The molecule has 9 heteroatoms. The third-order valence-corrected chi connectivity index (χ3v) is 2.56. The van der Waals surface area contributed by atoms with Crippen molar-refractivity contribution >= 4 is 23.2 Å². The third kappa shape index (κ3) is 4.58. The molecule has 1 unspecified atom stereocenters. The summed E-state index contributed by atoms with van der Waals surface area (Å²) in [7, 11) is 0. The van der Waals surface area contributed by atoms with Crippen LogP contribution in [0.25, 0.3) is 0 Å². The Morgan fingerprint density at radius 1 is 1.38 bits per heavy atom. The van der Waals surface area contributed by atoms with Crippen LogP contribution < -0.4 is 22.5 Å². The molecule has 0 aliphatic rings. The summed E-state index contributed by atoms with van der Waals surface area (Å²) in [5.74, 6) is -1.43. The lowest BCUT2D eigenvalue weighted by atomic mass is 10.1. The highest BCUT2D eigenvalue weighted by molar-refractivity contribution is 5.94. The number of hydrogen-bond acceptors (Lipinski definition) is 6. The van der Waals surface area contributed by atoms with Crippen molar-refractivity contribution in [1.29, 1.82) is 0 Å². The second-order valence-electron chi connectivity index (χ2n) is 4.09. The van der Waals surface area contributed by atoms with Crippen molar-refractivity contribution < 1.29 is 14.5 Å². The van der Waals surface area contributed by atoms with Gasteiger partial charge in [0.05, 0.1) is 4.92 Å². The van der Waals surface area contributed by atoms with Gasteiger partial charge in [0.2, 0.25) is 11.8 Å². The minimum absolute atomic E-state index is 0.0403. The molecular weight excluding hydrogens is 278 g/mol. The van der Waals surface area contributed by atoms with Gasteiger partial charge < -0.3 is 22.5 Å². The minimum Gasteiger partial charge on any atom is -0.376 e. The van der Waals surface area contributed by atoms with Crippen molar-refractivity contribution in [3.63, 3.8) is 0 Å². The predicted octanol–water partition coefficient (Wildman–Crippen LogP) is -0.526. The molecule has 0 aliphatic heterocycles. The Labute approximate surface area is 119 Å². The molecule has 1 atom stereocenters. The summed E-state index contributed by atoms with van der Waals surface area (Å²) >= 11 is 0. The van der Waals surface area contributed by atoms with Gasteiger partial charge >= 0.3 is 0 Å². The molecule has 0 heterocycles. The standard InChI is InChI=1S/C12H15N5O4/c13-8(12(15)19)2-1-5-16-9-4-3-7(11(14)18)6-10(9)17(20)21/h1-4,6,8,16H,5,13H2,(H2,14,18)(H2,15,19). The first kappa shape index (κ1) is 16.1. The summed E-state index contributed by atoms with van der Waals surface area (Å²) in [6, 6.07) is 2.92. The summed E-state index contributed by atoms with van der Waals surface area (Å²) in [6.07, 6.45) is 2.89. The summed E-state index contributed by atoms with van der Waals surface area (Å²) in [5, 5.41) is 13.7. The molecular formula is C12H15N5O4. The smallest absolute Gasteiger partial charge is 0.293 e. The van der Waals surface area contributed by atoms with Crippen molar-refractivity contribution in [1.82, 2.24) is 0 Å². The average Bonchev–Trinajstić information content (AvgIpc) is 2.42. The van der Waals surface area contributed by atoms with Crippen LogP contribution >= 0.6 is 0 Å². The molecule has 0 radical (unpaired) electrons. The Kier molecular flexibility index (Phi) is 5.38. The molecule has 0 aromatic heterocycles. The fourth-order valence-corrected chi connectivity index (χ4v) is 1.46. The number of hydrogen-bond donors (Lipinski definition) is 4. The van der Waals surface area contributed by atoms with Crippen LogP contribution in [-0.2, 0) is 4.79 Å². The monoisotopic (exact) mass is 293 g/mol. The topological polar surface area (TPSA) is 167 Å². The van der Waals surface area contributed by atoms with Crippen LogP contribution in [0.15, 0.2) is 30.4 Å². The SMILES string of the molecule is NC(=O)c1ccc(NCC=CC(N)C(N)=O)c([N+](=O)[O-])c1. The van der Waals surface area contributed by atoms with E-state index in [1.807, 2.05) is 0 Å². The first-order chi connectivity index (χ1) is 9.82. The minimum atomic E-state index is -0.918. The number of benzene rings is 1. The molecule has 0 saturated carbocycles. The van der Waals surface area contributed by atoms with E-state index in [1.54, 1.807) is 0 Å². The van der Waals surface area contributed by atoms with Gasteiger partial charge in [0.15, 0.2) is 0 Å². The maximum atomic E-state index is 11.0. The molecule has 0 fully saturated rings. The molecule has 7 N–H and O–H groups in total. The predicted molar refractivity (Wildman–Crippen MR) is 76.4 cm³/mol. The Morgan fingerprint density at radius 3 is 2.57 bits per heavy atom. The second-order valence-corrected chi connectivity index (χ2v) is 4.09. The van der Waals surface area contributed by atoms with Crippen LogP contribution in [-0.4, -0.2) is 29.3 Å². The highest BCUT2D eigenvalue weighted by Gasteiger charge is 2.15. The molecule has 0 aliphatic carbocycles. The summed E-state index contributed by atoms with van der Waals surface area (Å²) in [4.78, 5) is 32.0. The highest BCUT2D eigenvalue weighted by Crippen LogP contribution is 2.25. The van der Waals surface area contributed by atoms with E-state index in [4.69, 9.17) is 17.2 Å².